The Morgan fingerprint density at radius 2 is 1.59 bits per heavy atom. The van der Waals surface area contributed by atoms with Crippen LogP contribution in [-0.2, 0) is 15.8 Å². The molecule has 4 rings (SSSR count). The van der Waals surface area contributed by atoms with Crippen molar-refractivity contribution in [2.75, 3.05) is 5.32 Å². The van der Waals surface area contributed by atoms with Crippen molar-refractivity contribution in [3.8, 4) is 5.75 Å². The van der Waals surface area contributed by atoms with Crippen LogP contribution in [0.25, 0.3) is 10.9 Å². The lowest BCUT2D eigenvalue weighted by molar-refractivity contribution is -0.137. The molecule has 3 N–H and O–H groups in total. The predicted octanol–water partition coefficient (Wildman–Crippen LogP) is 4.91. The standard InChI is InChI=1S/C23H20F5N3O3/c24-17-9-16-19(10-18(17)25)29-11-20(16)31-22(33)21(32)30-13-3-7-15(8-4-13)34-14-5-1-12(2-6-14)23(26,27)28/h1-2,5-6,9-11,13,15,29H,3-4,7-8H2,(H,30,32)(H,31,33)/t13-,15+. The number of ether oxygens (including phenoxy) is 1. The summed E-state index contributed by atoms with van der Waals surface area (Å²) in [7, 11) is 0. The number of rotatable bonds is 4. The summed E-state index contributed by atoms with van der Waals surface area (Å²) in [6.45, 7) is 0. The van der Waals surface area contributed by atoms with Crippen molar-refractivity contribution in [2.45, 2.75) is 44.0 Å². The average molecular weight is 481 g/mol. The average Bonchev–Trinajstić information content (AvgIpc) is 3.16. The van der Waals surface area contributed by atoms with Gasteiger partial charge in [-0.3, -0.25) is 9.59 Å². The zero-order chi connectivity index (χ0) is 24.5. The molecule has 0 bridgehead atoms. The minimum Gasteiger partial charge on any atom is -0.490 e. The number of amides is 2. The maximum Gasteiger partial charge on any atom is 0.416 e. The number of nitrogens with one attached hydrogen (secondary N) is 3. The first-order valence-electron chi connectivity index (χ1n) is 10.5. The fourth-order valence-corrected chi connectivity index (χ4v) is 3.89. The molecular formula is C23H20F5N3O3. The first-order chi connectivity index (χ1) is 16.1. The van der Waals surface area contributed by atoms with E-state index in [-0.39, 0.29) is 28.7 Å². The Kier molecular flexibility index (Phi) is 6.45. The van der Waals surface area contributed by atoms with Crippen LogP contribution >= 0.6 is 0 Å². The van der Waals surface area contributed by atoms with Gasteiger partial charge in [-0.2, -0.15) is 13.2 Å². The highest BCUT2D eigenvalue weighted by Gasteiger charge is 2.30. The fourth-order valence-electron chi connectivity index (χ4n) is 3.89. The summed E-state index contributed by atoms with van der Waals surface area (Å²) in [6.07, 6.45) is -1.19. The molecule has 1 aliphatic rings. The molecule has 0 atom stereocenters. The molecule has 180 valence electrons. The zero-order valence-corrected chi connectivity index (χ0v) is 17.6. The second-order valence-corrected chi connectivity index (χ2v) is 8.06. The zero-order valence-electron chi connectivity index (χ0n) is 17.6. The van der Waals surface area contributed by atoms with Crippen molar-refractivity contribution < 1.29 is 36.3 Å². The van der Waals surface area contributed by atoms with Crippen molar-refractivity contribution in [3.05, 3.63) is 59.8 Å². The quantitative estimate of drug-likeness (QED) is 0.366. The number of hydrogen-bond donors (Lipinski definition) is 3. The van der Waals surface area contributed by atoms with E-state index in [0.29, 0.717) is 31.4 Å². The van der Waals surface area contributed by atoms with Crippen LogP contribution in [0, 0.1) is 11.6 Å². The first kappa shape index (κ1) is 23.5. The van der Waals surface area contributed by atoms with Gasteiger partial charge < -0.3 is 20.4 Å². The number of aromatic nitrogens is 1. The molecule has 1 fully saturated rings. The Hall–Kier alpha value is -3.63. The van der Waals surface area contributed by atoms with Gasteiger partial charge in [0.1, 0.15) is 5.75 Å². The molecule has 2 amide bonds. The van der Waals surface area contributed by atoms with Crippen molar-refractivity contribution in [3.63, 3.8) is 0 Å². The van der Waals surface area contributed by atoms with Crippen LogP contribution in [0.15, 0.2) is 42.6 Å². The van der Waals surface area contributed by atoms with E-state index in [2.05, 4.69) is 15.6 Å². The van der Waals surface area contributed by atoms with Gasteiger partial charge in [0, 0.05) is 23.7 Å². The summed E-state index contributed by atoms with van der Waals surface area (Å²) in [6, 6.07) is 6.05. The third-order valence-corrected chi connectivity index (χ3v) is 5.67. The number of benzene rings is 2. The fraction of sp³-hybridized carbons (Fsp3) is 0.304. The number of carbonyl (C=O) groups is 2. The van der Waals surface area contributed by atoms with Gasteiger partial charge in [0.25, 0.3) is 0 Å². The normalized spacial score (nSPS) is 18.5. The van der Waals surface area contributed by atoms with Crippen LogP contribution in [0.1, 0.15) is 31.2 Å². The van der Waals surface area contributed by atoms with Gasteiger partial charge in [0.15, 0.2) is 11.6 Å². The van der Waals surface area contributed by atoms with Gasteiger partial charge in [-0.25, -0.2) is 8.78 Å². The lowest BCUT2D eigenvalue weighted by atomic mass is 9.93. The second-order valence-electron chi connectivity index (χ2n) is 8.06. The molecule has 0 saturated heterocycles. The molecule has 6 nitrogen and oxygen atoms in total. The number of fused-ring (bicyclic) bond motifs is 1. The maximum atomic E-state index is 13.5. The van der Waals surface area contributed by atoms with E-state index < -0.39 is 35.2 Å². The van der Waals surface area contributed by atoms with Crippen LogP contribution in [0.2, 0.25) is 0 Å². The molecule has 1 saturated carbocycles. The minimum atomic E-state index is -4.41. The third kappa shape index (κ3) is 5.29. The van der Waals surface area contributed by atoms with Crippen molar-refractivity contribution in [1.82, 2.24) is 10.3 Å². The highest BCUT2D eigenvalue weighted by atomic mass is 19.4. The SMILES string of the molecule is O=C(Nc1c[nH]c2cc(F)c(F)cc12)C(=O)N[C@H]1CC[C@@H](Oc2ccc(C(F)(F)F)cc2)CC1. The number of anilines is 1. The number of alkyl halides is 3. The number of halogens is 5. The Balaban J connectivity index is 1.26. The summed E-state index contributed by atoms with van der Waals surface area (Å²) in [5, 5.41) is 5.24. The van der Waals surface area contributed by atoms with Crippen LogP contribution in [-0.4, -0.2) is 28.9 Å². The Morgan fingerprint density at radius 1 is 0.941 bits per heavy atom. The lowest BCUT2D eigenvalue weighted by Gasteiger charge is -2.29. The van der Waals surface area contributed by atoms with E-state index in [4.69, 9.17) is 4.74 Å². The second kappa shape index (κ2) is 9.32. The van der Waals surface area contributed by atoms with Crippen molar-refractivity contribution in [1.29, 1.82) is 0 Å². The van der Waals surface area contributed by atoms with Crippen LogP contribution in [0.4, 0.5) is 27.6 Å². The summed E-state index contributed by atoms with van der Waals surface area (Å²) in [4.78, 5) is 27.3. The van der Waals surface area contributed by atoms with Crippen molar-refractivity contribution >= 4 is 28.4 Å². The highest BCUT2D eigenvalue weighted by Crippen LogP contribution is 2.31. The van der Waals surface area contributed by atoms with Crippen LogP contribution < -0.4 is 15.4 Å². The number of aromatic amines is 1. The highest BCUT2D eigenvalue weighted by molar-refractivity contribution is 6.40. The first-order valence-corrected chi connectivity index (χ1v) is 10.5. The minimum absolute atomic E-state index is 0.141. The Labute approximate surface area is 190 Å². The number of hydrogen-bond acceptors (Lipinski definition) is 3. The van der Waals surface area contributed by atoms with Gasteiger partial charge in [0.2, 0.25) is 0 Å². The molecule has 1 aliphatic carbocycles. The predicted molar refractivity (Wildman–Crippen MR) is 113 cm³/mol. The van der Waals surface area contributed by atoms with E-state index in [1.165, 1.54) is 18.3 Å². The van der Waals surface area contributed by atoms with Gasteiger partial charge in [-0.1, -0.05) is 0 Å². The van der Waals surface area contributed by atoms with E-state index in [1.807, 2.05) is 0 Å². The summed E-state index contributed by atoms with van der Waals surface area (Å²) >= 11 is 0. The van der Waals surface area contributed by atoms with E-state index in [1.54, 1.807) is 0 Å². The lowest BCUT2D eigenvalue weighted by Crippen LogP contribution is -2.44. The van der Waals surface area contributed by atoms with Gasteiger partial charge in [-0.15, -0.1) is 0 Å². The molecule has 1 aromatic heterocycles. The topological polar surface area (TPSA) is 83.2 Å². The molecule has 3 aromatic rings. The number of H-pyrrole nitrogens is 1. The molecule has 2 aromatic carbocycles. The monoisotopic (exact) mass is 481 g/mol. The summed E-state index contributed by atoms with van der Waals surface area (Å²) in [5.41, 5.74) is -0.349. The molecule has 0 radical (unpaired) electrons. The van der Waals surface area contributed by atoms with E-state index in [0.717, 1.165) is 24.3 Å². The Morgan fingerprint density at radius 3 is 2.24 bits per heavy atom. The molecule has 1 heterocycles. The largest absolute Gasteiger partial charge is 0.490 e. The molecule has 11 heteroatoms. The van der Waals surface area contributed by atoms with Crippen molar-refractivity contribution in [2.24, 2.45) is 0 Å². The van der Waals surface area contributed by atoms with Gasteiger partial charge in [-0.05, 0) is 56.0 Å². The van der Waals surface area contributed by atoms with Gasteiger partial charge in [0.05, 0.1) is 22.9 Å². The molecule has 34 heavy (non-hydrogen) atoms. The summed E-state index contributed by atoms with van der Waals surface area (Å²) in [5.74, 6) is -3.61. The van der Waals surface area contributed by atoms with Crippen LogP contribution in [0.3, 0.4) is 0 Å². The third-order valence-electron chi connectivity index (χ3n) is 5.67. The molecule has 0 spiro atoms. The smallest absolute Gasteiger partial charge is 0.416 e. The molecular weight excluding hydrogens is 461 g/mol. The van der Waals surface area contributed by atoms with E-state index >= 15 is 0 Å². The molecule has 0 aliphatic heterocycles. The van der Waals surface area contributed by atoms with Crippen LogP contribution in [0.5, 0.6) is 5.75 Å². The molecule has 0 unspecified atom stereocenters. The Bertz CT molecular complexity index is 1200. The van der Waals surface area contributed by atoms with Gasteiger partial charge >= 0.3 is 18.0 Å². The van der Waals surface area contributed by atoms with E-state index in [9.17, 15) is 31.5 Å². The maximum absolute atomic E-state index is 13.5. The number of carbonyl (C=O) groups excluding carboxylic acids is 2. The summed E-state index contributed by atoms with van der Waals surface area (Å²) < 4.78 is 70.5.